The zero-order valence-electron chi connectivity index (χ0n) is 14.4. The van der Waals surface area contributed by atoms with E-state index in [-0.39, 0.29) is 0 Å². The first-order chi connectivity index (χ1) is 10.2. The Hall–Kier alpha value is -0.0800. The van der Waals surface area contributed by atoms with E-state index in [1.165, 1.54) is 77.5 Å². The Labute approximate surface area is 132 Å². The lowest BCUT2D eigenvalue weighted by Gasteiger charge is -2.36. The van der Waals surface area contributed by atoms with Crippen molar-refractivity contribution in [2.45, 2.75) is 64.7 Å². The van der Waals surface area contributed by atoms with Crippen molar-refractivity contribution in [3.05, 3.63) is 0 Å². The van der Waals surface area contributed by atoms with Crippen molar-refractivity contribution in [1.82, 2.24) is 10.2 Å². The number of hydrogen-bond acceptors (Lipinski definition) is 2. The molecule has 122 valence electrons. The predicted octanol–water partition coefficient (Wildman–Crippen LogP) is 3.91. The fraction of sp³-hybridized carbons (Fsp3) is 1.00. The molecule has 0 radical (unpaired) electrons. The molecule has 2 nitrogen and oxygen atoms in total. The quantitative estimate of drug-likeness (QED) is 0.682. The summed E-state index contributed by atoms with van der Waals surface area (Å²) in [7, 11) is 2.39. The number of rotatable bonds is 8. The predicted molar refractivity (Wildman–Crippen MR) is 90.5 cm³/mol. The van der Waals surface area contributed by atoms with E-state index in [1.54, 1.807) is 6.42 Å². The highest BCUT2D eigenvalue weighted by molar-refractivity contribution is 4.93. The van der Waals surface area contributed by atoms with Crippen LogP contribution in [0.2, 0.25) is 0 Å². The number of fused-ring (bicyclic) bond motifs is 2. The lowest BCUT2D eigenvalue weighted by Crippen LogP contribution is -2.43. The van der Waals surface area contributed by atoms with E-state index in [0.29, 0.717) is 5.41 Å². The second-order valence-corrected chi connectivity index (χ2v) is 8.52. The lowest BCUT2D eigenvalue weighted by molar-refractivity contribution is 0.140. The van der Waals surface area contributed by atoms with Gasteiger partial charge in [0.05, 0.1) is 0 Å². The van der Waals surface area contributed by atoms with E-state index in [1.807, 2.05) is 0 Å². The molecule has 2 heteroatoms. The van der Waals surface area contributed by atoms with Crippen LogP contribution in [-0.4, -0.2) is 38.1 Å². The topological polar surface area (TPSA) is 15.3 Å². The fourth-order valence-corrected chi connectivity index (χ4v) is 5.68. The zero-order chi connectivity index (χ0) is 14.7. The van der Waals surface area contributed by atoms with E-state index >= 15 is 0 Å². The van der Waals surface area contributed by atoms with Crippen LogP contribution in [-0.2, 0) is 0 Å². The summed E-state index contributed by atoms with van der Waals surface area (Å²) >= 11 is 0. The van der Waals surface area contributed by atoms with Crippen molar-refractivity contribution in [2.24, 2.45) is 23.2 Å². The molecule has 0 aromatic heterocycles. The second-order valence-electron chi connectivity index (χ2n) is 8.52. The summed E-state index contributed by atoms with van der Waals surface area (Å²) in [5.41, 5.74) is 0.585. The van der Waals surface area contributed by atoms with Crippen LogP contribution in [0.25, 0.3) is 0 Å². The average molecular weight is 293 g/mol. The molecule has 3 unspecified atom stereocenters. The third-order valence-corrected chi connectivity index (χ3v) is 6.63. The minimum atomic E-state index is 0.585. The Morgan fingerprint density at radius 2 is 1.95 bits per heavy atom. The first kappa shape index (κ1) is 15.8. The Morgan fingerprint density at radius 1 is 1.14 bits per heavy atom. The van der Waals surface area contributed by atoms with Gasteiger partial charge in [-0.1, -0.05) is 26.2 Å². The maximum atomic E-state index is 3.72. The second kappa shape index (κ2) is 7.00. The van der Waals surface area contributed by atoms with Gasteiger partial charge in [0.1, 0.15) is 0 Å². The van der Waals surface area contributed by atoms with Crippen LogP contribution in [0.3, 0.4) is 0 Å². The van der Waals surface area contributed by atoms with E-state index in [0.717, 1.165) is 17.8 Å². The monoisotopic (exact) mass is 292 g/mol. The molecular formula is C19H36N2. The summed E-state index contributed by atoms with van der Waals surface area (Å²) in [6.45, 7) is 7.42. The fourth-order valence-electron chi connectivity index (χ4n) is 5.68. The highest BCUT2D eigenvalue weighted by Crippen LogP contribution is 2.48. The van der Waals surface area contributed by atoms with E-state index < -0.39 is 0 Å². The molecule has 3 atom stereocenters. The molecule has 0 aromatic rings. The molecule has 0 saturated heterocycles. The molecule has 3 aliphatic carbocycles. The molecule has 3 fully saturated rings. The lowest BCUT2D eigenvalue weighted by atomic mass is 9.84. The van der Waals surface area contributed by atoms with Crippen molar-refractivity contribution >= 4 is 0 Å². The van der Waals surface area contributed by atoms with Crippen molar-refractivity contribution in [2.75, 3.05) is 33.2 Å². The van der Waals surface area contributed by atoms with Crippen molar-refractivity contribution < 1.29 is 0 Å². The number of hydrogen-bond donors (Lipinski definition) is 1. The molecule has 0 aliphatic heterocycles. The van der Waals surface area contributed by atoms with Crippen LogP contribution < -0.4 is 5.32 Å². The van der Waals surface area contributed by atoms with Crippen molar-refractivity contribution in [3.63, 3.8) is 0 Å². The summed E-state index contributed by atoms with van der Waals surface area (Å²) in [4.78, 5) is 2.70. The molecule has 2 bridgehead atoms. The normalized spacial score (nSPS) is 34.1. The third-order valence-electron chi connectivity index (χ3n) is 6.63. The van der Waals surface area contributed by atoms with Crippen LogP contribution in [0, 0.1) is 23.2 Å². The van der Waals surface area contributed by atoms with Gasteiger partial charge >= 0.3 is 0 Å². The maximum absolute atomic E-state index is 3.72. The largest absolute Gasteiger partial charge is 0.316 e. The highest BCUT2D eigenvalue weighted by Gasteiger charge is 2.41. The molecule has 0 amide bonds. The van der Waals surface area contributed by atoms with Gasteiger partial charge in [-0.2, -0.15) is 0 Å². The summed E-state index contributed by atoms with van der Waals surface area (Å²) < 4.78 is 0. The van der Waals surface area contributed by atoms with Gasteiger partial charge in [0.15, 0.2) is 0 Å². The van der Waals surface area contributed by atoms with Gasteiger partial charge in [-0.15, -0.1) is 0 Å². The minimum absolute atomic E-state index is 0.585. The number of nitrogens with one attached hydrogen (secondary N) is 1. The first-order valence-electron chi connectivity index (χ1n) is 9.60. The van der Waals surface area contributed by atoms with Gasteiger partial charge in [-0.3, -0.25) is 0 Å². The standard InChI is InChI=1S/C19H36N2/c1-3-10-20-14-19(8-4-5-9-19)15-21(2)13-18-12-16-6-7-17(18)11-16/h16-18,20H,3-15H2,1-2H3. The first-order valence-corrected chi connectivity index (χ1v) is 9.60. The molecule has 3 aliphatic rings. The van der Waals surface area contributed by atoms with E-state index in [4.69, 9.17) is 0 Å². The molecule has 3 rings (SSSR count). The number of nitrogens with zero attached hydrogens (tertiary/aromatic N) is 1. The highest BCUT2D eigenvalue weighted by atomic mass is 15.1. The van der Waals surface area contributed by atoms with Crippen molar-refractivity contribution in [1.29, 1.82) is 0 Å². The van der Waals surface area contributed by atoms with Crippen molar-refractivity contribution in [3.8, 4) is 0 Å². The summed E-state index contributed by atoms with van der Waals surface area (Å²) in [6, 6.07) is 0. The van der Waals surface area contributed by atoms with Crippen LogP contribution in [0.1, 0.15) is 64.7 Å². The minimum Gasteiger partial charge on any atom is -0.316 e. The Balaban J connectivity index is 1.48. The Morgan fingerprint density at radius 3 is 2.57 bits per heavy atom. The summed E-state index contributed by atoms with van der Waals surface area (Å²) in [5, 5.41) is 3.72. The molecule has 1 N–H and O–H groups in total. The molecule has 21 heavy (non-hydrogen) atoms. The van der Waals surface area contributed by atoms with Gasteiger partial charge in [0.25, 0.3) is 0 Å². The molecule has 0 aromatic carbocycles. The smallest absolute Gasteiger partial charge is 0.00472 e. The van der Waals surface area contributed by atoms with Gasteiger partial charge in [0, 0.05) is 19.6 Å². The SMILES string of the molecule is CCCNCC1(CN(C)CC2CC3CCC2C3)CCCC1. The Kier molecular flexibility index (Phi) is 5.27. The summed E-state index contributed by atoms with van der Waals surface area (Å²) in [6.07, 6.45) is 13.2. The van der Waals surface area contributed by atoms with Crippen LogP contribution >= 0.6 is 0 Å². The van der Waals surface area contributed by atoms with Gasteiger partial charge in [0.2, 0.25) is 0 Å². The van der Waals surface area contributed by atoms with Crippen LogP contribution in [0.4, 0.5) is 0 Å². The Bertz CT molecular complexity index is 322. The van der Waals surface area contributed by atoms with Gasteiger partial charge < -0.3 is 10.2 Å². The van der Waals surface area contributed by atoms with Gasteiger partial charge in [-0.05, 0) is 75.3 Å². The molecule has 0 spiro atoms. The van der Waals surface area contributed by atoms with E-state index in [9.17, 15) is 0 Å². The average Bonchev–Trinajstić information content (AvgIpc) is 3.16. The summed E-state index contributed by atoms with van der Waals surface area (Å²) in [5.74, 6) is 3.20. The van der Waals surface area contributed by atoms with E-state index in [2.05, 4.69) is 24.2 Å². The molecular weight excluding hydrogens is 256 g/mol. The molecule has 3 saturated carbocycles. The maximum Gasteiger partial charge on any atom is 0.00472 e. The third kappa shape index (κ3) is 3.82. The zero-order valence-corrected chi connectivity index (χ0v) is 14.4. The molecule has 0 heterocycles. The van der Waals surface area contributed by atoms with Crippen LogP contribution in [0.15, 0.2) is 0 Å². The van der Waals surface area contributed by atoms with Gasteiger partial charge in [-0.25, -0.2) is 0 Å². The van der Waals surface area contributed by atoms with Crippen LogP contribution in [0.5, 0.6) is 0 Å².